The summed E-state index contributed by atoms with van der Waals surface area (Å²) in [6.07, 6.45) is 1.98. The third-order valence-corrected chi connectivity index (χ3v) is 6.46. The Labute approximate surface area is 225 Å². The van der Waals surface area contributed by atoms with Gasteiger partial charge in [0.1, 0.15) is 23.0 Å². The number of hydrogen-bond donors (Lipinski definition) is 0. The lowest BCUT2D eigenvalue weighted by molar-refractivity contribution is -0.151. The van der Waals surface area contributed by atoms with Crippen molar-refractivity contribution in [1.29, 1.82) is 0 Å². The Balaban J connectivity index is 1.48. The highest BCUT2D eigenvalue weighted by Gasteiger charge is 2.53. The first-order valence-corrected chi connectivity index (χ1v) is 12.8. The van der Waals surface area contributed by atoms with Gasteiger partial charge in [-0.1, -0.05) is 32.0 Å². The first kappa shape index (κ1) is 26.1. The first-order valence-electron chi connectivity index (χ1n) is 12.8. The summed E-state index contributed by atoms with van der Waals surface area (Å²) in [5.41, 5.74) is 1.12. The molecule has 39 heavy (non-hydrogen) atoms. The minimum atomic E-state index is -1.26. The Bertz CT molecular complexity index is 1340. The molecule has 2 aliphatic rings. The molecule has 5 rings (SSSR count). The number of ether oxygens (including phenoxy) is 6. The molecule has 9 nitrogen and oxygen atoms in total. The lowest BCUT2D eigenvalue weighted by Crippen LogP contribution is -2.33. The molecule has 0 atom stereocenters. The molecule has 0 unspecified atom stereocenters. The summed E-state index contributed by atoms with van der Waals surface area (Å²) < 4.78 is 33.9. The molecule has 3 aromatic rings. The zero-order valence-electron chi connectivity index (χ0n) is 21.7. The molecule has 1 spiro atoms. The number of hydrogen-bond acceptors (Lipinski definition) is 9. The van der Waals surface area contributed by atoms with Crippen LogP contribution in [0, 0.1) is 0 Å². The van der Waals surface area contributed by atoms with Gasteiger partial charge in [0.25, 0.3) is 0 Å². The Morgan fingerprint density at radius 2 is 1.28 bits per heavy atom. The van der Waals surface area contributed by atoms with Crippen LogP contribution in [0.3, 0.4) is 0 Å². The maximum atomic E-state index is 13.0. The number of carbonyl (C=O) groups excluding carboxylic acids is 3. The van der Waals surface area contributed by atoms with Crippen LogP contribution in [0.2, 0.25) is 0 Å². The van der Waals surface area contributed by atoms with E-state index in [4.69, 9.17) is 28.4 Å². The highest BCUT2D eigenvalue weighted by atomic mass is 16.7. The van der Waals surface area contributed by atoms with E-state index in [1.54, 1.807) is 48.5 Å². The minimum Gasteiger partial charge on any atom is -0.457 e. The van der Waals surface area contributed by atoms with E-state index in [-0.39, 0.29) is 25.5 Å². The lowest BCUT2D eigenvalue weighted by atomic mass is 9.77. The topological polar surface area (TPSA) is 107 Å². The van der Waals surface area contributed by atoms with Gasteiger partial charge in [-0.25, -0.2) is 4.79 Å². The number of rotatable bonds is 10. The summed E-state index contributed by atoms with van der Waals surface area (Å²) in [5.74, 6) is 0.473. The fourth-order valence-electron chi connectivity index (χ4n) is 4.70. The zero-order valence-corrected chi connectivity index (χ0v) is 21.7. The molecule has 0 aromatic heterocycles. The van der Waals surface area contributed by atoms with Crippen LogP contribution in [0.1, 0.15) is 66.6 Å². The van der Waals surface area contributed by atoms with Crippen molar-refractivity contribution in [1.82, 2.24) is 0 Å². The first-order chi connectivity index (χ1) is 19.0. The van der Waals surface area contributed by atoms with Crippen molar-refractivity contribution in [3.63, 3.8) is 0 Å². The molecule has 2 heterocycles. The molecule has 0 bridgehead atoms. The maximum absolute atomic E-state index is 13.0. The van der Waals surface area contributed by atoms with Crippen molar-refractivity contribution in [2.45, 2.75) is 45.1 Å². The summed E-state index contributed by atoms with van der Waals surface area (Å²) in [5, 5.41) is 0. The molecule has 0 amide bonds. The largest absolute Gasteiger partial charge is 0.457 e. The van der Waals surface area contributed by atoms with Gasteiger partial charge in [-0.05, 0) is 43.2 Å². The van der Waals surface area contributed by atoms with Crippen LogP contribution < -0.4 is 14.2 Å². The van der Waals surface area contributed by atoms with Crippen LogP contribution in [0.25, 0.3) is 0 Å². The number of esters is 3. The van der Waals surface area contributed by atoms with Crippen molar-refractivity contribution in [2.24, 2.45) is 0 Å². The second-order valence-corrected chi connectivity index (χ2v) is 9.09. The third kappa shape index (κ3) is 4.99. The molecule has 2 aliphatic heterocycles. The van der Waals surface area contributed by atoms with E-state index in [2.05, 4.69) is 0 Å². The smallest absolute Gasteiger partial charge is 0.340 e. The maximum Gasteiger partial charge on any atom is 0.340 e. The normalized spacial score (nSPS) is 13.8. The van der Waals surface area contributed by atoms with Gasteiger partial charge in [-0.2, -0.15) is 0 Å². The van der Waals surface area contributed by atoms with Gasteiger partial charge in [-0.15, -0.1) is 0 Å². The van der Waals surface area contributed by atoms with E-state index >= 15 is 0 Å². The Hall–Kier alpha value is -4.53. The summed E-state index contributed by atoms with van der Waals surface area (Å²) in [6, 6.07) is 17.5. The molecular formula is C30H28O9. The summed E-state index contributed by atoms with van der Waals surface area (Å²) in [4.78, 5) is 36.4. The Morgan fingerprint density at radius 1 is 0.744 bits per heavy atom. The minimum absolute atomic E-state index is 0.244. The van der Waals surface area contributed by atoms with Crippen molar-refractivity contribution >= 4 is 17.9 Å². The average Bonchev–Trinajstić information content (AvgIpc) is 3.21. The van der Waals surface area contributed by atoms with Gasteiger partial charge in [0, 0.05) is 41.7 Å². The highest BCUT2D eigenvalue weighted by molar-refractivity contribution is 5.97. The van der Waals surface area contributed by atoms with E-state index in [1.807, 2.05) is 26.0 Å². The van der Waals surface area contributed by atoms with E-state index in [1.165, 1.54) is 0 Å². The second kappa shape index (κ2) is 11.1. The van der Waals surface area contributed by atoms with Crippen LogP contribution in [-0.4, -0.2) is 31.5 Å². The second-order valence-electron chi connectivity index (χ2n) is 9.09. The van der Waals surface area contributed by atoms with E-state index in [0.717, 1.165) is 0 Å². The third-order valence-electron chi connectivity index (χ3n) is 6.46. The Kier molecular flexibility index (Phi) is 7.40. The van der Waals surface area contributed by atoms with Gasteiger partial charge < -0.3 is 28.4 Å². The predicted octanol–water partition coefficient (Wildman–Crippen LogP) is 5.61. The molecule has 0 saturated carbocycles. The van der Waals surface area contributed by atoms with Gasteiger partial charge in [0.15, 0.2) is 5.60 Å². The van der Waals surface area contributed by atoms with Crippen LogP contribution in [0.5, 0.6) is 23.0 Å². The average molecular weight is 533 g/mol. The molecule has 0 N–H and O–H groups in total. The van der Waals surface area contributed by atoms with E-state index in [9.17, 15) is 14.4 Å². The van der Waals surface area contributed by atoms with Crippen molar-refractivity contribution in [3.05, 3.63) is 82.9 Å². The molecule has 0 aliphatic carbocycles. The van der Waals surface area contributed by atoms with Crippen LogP contribution >= 0.6 is 0 Å². The Morgan fingerprint density at radius 3 is 1.82 bits per heavy atom. The van der Waals surface area contributed by atoms with Crippen LogP contribution in [-0.2, 0) is 29.4 Å². The molecular weight excluding hydrogens is 504 g/mol. The molecule has 9 heteroatoms. The summed E-state index contributed by atoms with van der Waals surface area (Å²) in [6.45, 7) is 3.29. The number of benzene rings is 3. The molecule has 0 fully saturated rings. The van der Waals surface area contributed by atoms with Gasteiger partial charge in [0.05, 0.1) is 5.56 Å². The molecule has 3 aromatic carbocycles. The molecule has 0 radical (unpaired) electrons. The quantitative estimate of drug-likeness (QED) is 0.187. The van der Waals surface area contributed by atoms with Gasteiger partial charge in [0.2, 0.25) is 13.6 Å². The van der Waals surface area contributed by atoms with E-state index in [0.29, 0.717) is 70.9 Å². The fourth-order valence-corrected chi connectivity index (χ4v) is 4.70. The van der Waals surface area contributed by atoms with Crippen molar-refractivity contribution < 1.29 is 42.8 Å². The van der Waals surface area contributed by atoms with Gasteiger partial charge >= 0.3 is 17.9 Å². The highest BCUT2D eigenvalue weighted by Crippen LogP contribution is 2.57. The SMILES string of the molecule is CCCC(=O)OCOc1ccc2c(c1)Oc1cc(OCOC(=O)CCC)ccc1C21OC(=O)c2ccccc21. The number of fused-ring (bicyclic) bond motifs is 6. The predicted molar refractivity (Wildman–Crippen MR) is 138 cm³/mol. The van der Waals surface area contributed by atoms with Crippen LogP contribution in [0.15, 0.2) is 60.7 Å². The lowest BCUT2D eigenvalue weighted by Gasteiger charge is -2.36. The van der Waals surface area contributed by atoms with E-state index < -0.39 is 11.6 Å². The summed E-state index contributed by atoms with van der Waals surface area (Å²) in [7, 11) is 0. The zero-order chi connectivity index (χ0) is 27.4. The monoisotopic (exact) mass is 532 g/mol. The molecule has 202 valence electrons. The standard InChI is InChI=1S/C30H28O9/c1-3-7-27(31)36-17-34-19-11-13-23-25(15-19)38-26-16-20(35-18-37-28(32)8-4-2)12-14-24(26)30(23)22-10-6-5-9-21(22)29(33)39-30/h5-6,9-16H,3-4,7-8,17-18H2,1-2H3. The van der Waals surface area contributed by atoms with Crippen molar-refractivity contribution in [2.75, 3.05) is 13.6 Å². The van der Waals surface area contributed by atoms with Crippen molar-refractivity contribution in [3.8, 4) is 23.0 Å². The van der Waals surface area contributed by atoms with Crippen LogP contribution in [0.4, 0.5) is 0 Å². The number of carbonyl (C=O) groups is 3. The fraction of sp³-hybridized carbons (Fsp3) is 0.300. The molecule has 0 saturated heterocycles. The summed E-state index contributed by atoms with van der Waals surface area (Å²) >= 11 is 0. The van der Waals surface area contributed by atoms with Gasteiger partial charge in [-0.3, -0.25) is 9.59 Å².